The minimum absolute atomic E-state index is 0.162. The molecule has 2 heterocycles. The fourth-order valence-corrected chi connectivity index (χ4v) is 6.63. The van der Waals surface area contributed by atoms with Gasteiger partial charge in [-0.2, -0.15) is 0 Å². The third-order valence-corrected chi connectivity index (χ3v) is 9.40. The number of carbonyl (C=O) groups excluding carboxylic acids is 1. The molecule has 0 amide bonds. The van der Waals surface area contributed by atoms with Crippen LogP contribution in [0.2, 0.25) is 5.02 Å². The smallest absolute Gasteiger partial charge is 0.197 e. The van der Waals surface area contributed by atoms with Crippen LogP contribution in [0.4, 0.5) is 0 Å². The summed E-state index contributed by atoms with van der Waals surface area (Å²) < 4.78 is 7.97. The van der Waals surface area contributed by atoms with Gasteiger partial charge in [-0.3, -0.25) is 4.79 Å². The topological polar surface area (TPSA) is 52.1 Å². The number of ketones is 1. The normalized spacial score (nSPS) is 12.9. The zero-order valence-electron chi connectivity index (χ0n) is 21.2. The summed E-state index contributed by atoms with van der Waals surface area (Å²) in [5, 5.41) is 1.30. The Morgan fingerprint density at radius 2 is 1.35 bits per heavy atom. The maximum atomic E-state index is 14.0. The Morgan fingerprint density at radius 3 is 1.82 bits per heavy atom. The van der Waals surface area contributed by atoms with Crippen molar-refractivity contribution in [3.63, 3.8) is 0 Å². The van der Waals surface area contributed by atoms with E-state index in [-0.39, 0.29) is 5.78 Å². The van der Waals surface area contributed by atoms with E-state index in [4.69, 9.17) is 16.3 Å². The van der Waals surface area contributed by atoms with E-state index in [1.807, 2.05) is 54.6 Å². The molecule has 40 heavy (non-hydrogen) atoms. The minimum atomic E-state index is -0.998. The molecule has 1 saturated heterocycles. The maximum absolute atomic E-state index is 14.0. The molecule has 1 aliphatic heterocycles. The van der Waals surface area contributed by atoms with Crippen LogP contribution < -0.4 is 4.74 Å². The van der Waals surface area contributed by atoms with Gasteiger partial charge in [-0.05, 0) is 24.3 Å². The Labute approximate surface area is 246 Å². The molecule has 0 spiro atoms. The van der Waals surface area contributed by atoms with E-state index >= 15 is 0 Å². The molecule has 4 nitrogen and oxygen atoms in total. The second-order valence-electron chi connectivity index (χ2n) is 9.05. The van der Waals surface area contributed by atoms with Crippen molar-refractivity contribution in [3.8, 4) is 5.75 Å². The number of rotatable bonds is 8. The van der Waals surface area contributed by atoms with Gasteiger partial charge in [-0.1, -0.05) is 103 Å². The van der Waals surface area contributed by atoms with Gasteiger partial charge in [-0.25, -0.2) is 9.97 Å². The number of Topliss-reactive ketones (excluding diaryl/α,β-unsaturated/α-hetero) is 1. The lowest BCUT2D eigenvalue weighted by Gasteiger charge is -2.36. The van der Waals surface area contributed by atoms with Crippen molar-refractivity contribution in [1.29, 1.82) is 0 Å². The number of halogens is 1. The molecule has 1 aromatic heterocycles. The summed E-state index contributed by atoms with van der Waals surface area (Å²) in [5.41, 5.74) is 3.42. The van der Waals surface area contributed by atoms with Gasteiger partial charge in [0.1, 0.15) is 12.1 Å². The first kappa shape index (κ1) is 26.4. The maximum Gasteiger partial charge on any atom is 0.197 e. The molecule has 7 heteroatoms. The molecule has 0 N–H and O–H groups in total. The predicted molar refractivity (Wildman–Crippen MR) is 165 cm³/mol. The van der Waals surface area contributed by atoms with Gasteiger partial charge in [0, 0.05) is 38.6 Å². The van der Waals surface area contributed by atoms with Crippen molar-refractivity contribution >= 4 is 46.5 Å². The molecule has 0 saturated carbocycles. The highest BCUT2D eigenvalue weighted by Crippen LogP contribution is 2.48. The number of hydrogen-bond acceptors (Lipinski definition) is 6. The van der Waals surface area contributed by atoms with Gasteiger partial charge in [-0.15, -0.1) is 23.5 Å². The summed E-state index contributed by atoms with van der Waals surface area (Å²) in [5.74, 6) is 0.318. The molecular weight excluding hydrogens is 556 g/mol. The first-order valence-corrected chi connectivity index (χ1v) is 15.0. The molecule has 0 aliphatic carbocycles. The van der Waals surface area contributed by atoms with Crippen molar-refractivity contribution in [2.45, 2.75) is 5.60 Å². The predicted octanol–water partition coefficient (Wildman–Crippen LogP) is 8.49. The molecule has 0 radical (unpaired) electrons. The number of aromatic nitrogens is 2. The summed E-state index contributed by atoms with van der Waals surface area (Å²) >= 11 is 9.93. The van der Waals surface area contributed by atoms with Gasteiger partial charge in [0.05, 0.1) is 15.5 Å². The summed E-state index contributed by atoms with van der Waals surface area (Å²) in [6, 6.07) is 37.3. The van der Waals surface area contributed by atoms with Gasteiger partial charge < -0.3 is 4.74 Å². The van der Waals surface area contributed by atoms with Crippen LogP contribution in [0.5, 0.6) is 5.75 Å². The average molecular weight is 579 g/mol. The standard InChI is InChI=1S/C33H23ClN2O2S2/c34-27-18-23(31(37)30(32-39-22-40-32)29-16-17-35-21-36-29)19-28(20-27)38-33(24-10-4-1-5-11-24,25-12-6-2-7-13-25)26-14-8-3-9-15-26/h1-21H,22H2. The first-order valence-electron chi connectivity index (χ1n) is 12.6. The van der Waals surface area contributed by atoms with Crippen molar-refractivity contribution < 1.29 is 9.53 Å². The lowest BCUT2D eigenvalue weighted by Crippen LogP contribution is -2.36. The van der Waals surface area contributed by atoms with E-state index in [1.54, 1.807) is 54.0 Å². The molecule has 0 unspecified atom stereocenters. The first-order chi connectivity index (χ1) is 19.6. The Balaban J connectivity index is 1.50. The fourth-order valence-electron chi connectivity index (χ4n) is 4.78. The second-order valence-corrected chi connectivity index (χ2v) is 12.1. The summed E-state index contributed by atoms with van der Waals surface area (Å²) in [6.07, 6.45) is 3.10. The zero-order valence-corrected chi connectivity index (χ0v) is 23.6. The van der Waals surface area contributed by atoms with Crippen LogP contribution in [0.25, 0.3) is 5.57 Å². The Bertz CT molecular complexity index is 1560. The molecule has 5 aromatic rings. The highest BCUT2D eigenvalue weighted by molar-refractivity contribution is 8.37. The van der Waals surface area contributed by atoms with Crippen molar-refractivity contribution in [2.24, 2.45) is 0 Å². The van der Waals surface area contributed by atoms with Crippen LogP contribution in [0.15, 0.2) is 132 Å². The number of benzene rings is 4. The largest absolute Gasteiger partial charge is 0.473 e. The van der Waals surface area contributed by atoms with Crippen molar-refractivity contribution in [1.82, 2.24) is 9.97 Å². The summed E-state index contributed by atoms with van der Waals surface area (Å²) in [6.45, 7) is 0. The SMILES string of the molecule is O=C(C(=C1SCS1)c1ccncn1)c1cc(Cl)cc(OC(c2ccccc2)(c2ccccc2)c2ccccc2)c1. The van der Waals surface area contributed by atoms with E-state index in [9.17, 15) is 4.79 Å². The van der Waals surface area contributed by atoms with Crippen LogP contribution in [0.1, 0.15) is 32.7 Å². The lowest BCUT2D eigenvalue weighted by molar-refractivity contribution is 0.105. The molecular formula is C33H23ClN2O2S2. The van der Waals surface area contributed by atoms with Crippen LogP contribution in [0, 0.1) is 0 Å². The van der Waals surface area contributed by atoms with E-state index in [0.717, 1.165) is 26.0 Å². The number of allylic oxidation sites excluding steroid dienone is 1. The molecule has 0 bridgehead atoms. The lowest BCUT2D eigenvalue weighted by atomic mass is 9.80. The average Bonchev–Trinajstić information content (AvgIpc) is 2.99. The van der Waals surface area contributed by atoms with Gasteiger partial charge in [0.15, 0.2) is 11.4 Å². The van der Waals surface area contributed by atoms with Crippen LogP contribution in [-0.4, -0.2) is 20.8 Å². The third-order valence-electron chi connectivity index (χ3n) is 6.59. The summed E-state index contributed by atoms with van der Waals surface area (Å²) in [4.78, 5) is 22.4. The molecule has 1 aliphatic rings. The second kappa shape index (κ2) is 11.7. The molecule has 1 fully saturated rings. The number of carbonyl (C=O) groups is 1. The molecule has 0 atom stereocenters. The van der Waals surface area contributed by atoms with Gasteiger partial charge >= 0.3 is 0 Å². The number of thioether (sulfide) groups is 2. The van der Waals surface area contributed by atoms with E-state index in [2.05, 4.69) is 46.4 Å². The van der Waals surface area contributed by atoms with Crippen molar-refractivity contribution in [3.05, 3.63) is 165 Å². The Kier molecular flexibility index (Phi) is 7.73. The van der Waals surface area contributed by atoms with E-state index in [1.165, 1.54) is 6.33 Å². The fraction of sp³-hybridized carbons (Fsp3) is 0.0606. The Morgan fingerprint density at radius 1 is 0.775 bits per heavy atom. The Hall–Kier alpha value is -3.84. The van der Waals surface area contributed by atoms with Crippen LogP contribution in [-0.2, 0) is 5.60 Å². The highest BCUT2D eigenvalue weighted by Gasteiger charge is 2.39. The van der Waals surface area contributed by atoms with E-state index in [0.29, 0.717) is 27.6 Å². The molecule has 196 valence electrons. The minimum Gasteiger partial charge on any atom is -0.473 e. The quantitative estimate of drug-likeness (QED) is 0.104. The van der Waals surface area contributed by atoms with Gasteiger partial charge in [0.25, 0.3) is 0 Å². The zero-order chi connectivity index (χ0) is 27.4. The van der Waals surface area contributed by atoms with Crippen LogP contribution in [0.3, 0.4) is 0 Å². The molecule has 6 rings (SSSR count). The number of ether oxygens (including phenoxy) is 1. The molecule has 4 aromatic carbocycles. The third kappa shape index (κ3) is 5.18. The number of hydrogen-bond donors (Lipinski definition) is 0. The highest BCUT2D eigenvalue weighted by atomic mass is 35.5. The van der Waals surface area contributed by atoms with Crippen LogP contribution >= 0.6 is 35.1 Å². The van der Waals surface area contributed by atoms with E-state index < -0.39 is 5.60 Å². The number of nitrogens with zero attached hydrogens (tertiary/aromatic N) is 2. The van der Waals surface area contributed by atoms with Crippen molar-refractivity contribution in [2.75, 3.05) is 5.08 Å². The monoisotopic (exact) mass is 578 g/mol. The van der Waals surface area contributed by atoms with Gasteiger partial charge in [0.2, 0.25) is 0 Å². The summed E-state index contributed by atoms with van der Waals surface area (Å²) in [7, 11) is 0.